The molecule has 0 aliphatic carbocycles. The van der Waals surface area contributed by atoms with Crippen molar-refractivity contribution in [3.63, 3.8) is 0 Å². The molecule has 0 saturated carbocycles. The lowest BCUT2D eigenvalue weighted by Crippen LogP contribution is -2.44. The van der Waals surface area contributed by atoms with E-state index in [4.69, 9.17) is 4.74 Å². The van der Waals surface area contributed by atoms with Gasteiger partial charge in [0.15, 0.2) is 5.78 Å². The maximum absolute atomic E-state index is 11.2. The van der Waals surface area contributed by atoms with Gasteiger partial charge in [-0.05, 0) is 27.7 Å². The fourth-order valence-corrected chi connectivity index (χ4v) is 0.795. The van der Waals surface area contributed by atoms with E-state index in [-0.39, 0.29) is 18.0 Å². The maximum Gasteiger partial charge on any atom is 0.407 e. The van der Waals surface area contributed by atoms with Crippen molar-refractivity contribution in [2.75, 3.05) is 13.7 Å². The first-order valence-electron chi connectivity index (χ1n) is 4.75. The van der Waals surface area contributed by atoms with E-state index < -0.39 is 12.1 Å². The molecule has 88 valence electrons. The number of ether oxygens (including phenoxy) is 2. The number of alkyl carbamates (subject to hydrolysis) is 1. The van der Waals surface area contributed by atoms with Gasteiger partial charge in [-0.25, -0.2) is 4.79 Å². The van der Waals surface area contributed by atoms with Gasteiger partial charge >= 0.3 is 6.09 Å². The van der Waals surface area contributed by atoms with Crippen LogP contribution in [0, 0.1) is 0 Å². The zero-order valence-electron chi connectivity index (χ0n) is 9.92. The molecule has 0 aromatic heterocycles. The van der Waals surface area contributed by atoms with Gasteiger partial charge in [-0.1, -0.05) is 0 Å². The summed E-state index contributed by atoms with van der Waals surface area (Å²) in [6, 6.07) is -0.656. The van der Waals surface area contributed by atoms with Crippen LogP contribution in [0.5, 0.6) is 0 Å². The van der Waals surface area contributed by atoms with Gasteiger partial charge in [0.25, 0.3) is 0 Å². The molecule has 5 heteroatoms. The molecule has 0 aliphatic heterocycles. The van der Waals surface area contributed by atoms with Gasteiger partial charge < -0.3 is 14.8 Å². The van der Waals surface area contributed by atoms with Crippen molar-refractivity contribution in [2.24, 2.45) is 0 Å². The second kappa shape index (κ2) is 5.70. The minimum atomic E-state index is -0.656. The SMILES string of the molecule is COC(=O)N[C@H](COC(C)(C)C)C(C)=O. The highest BCUT2D eigenvalue weighted by Crippen LogP contribution is 2.07. The van der Waals surface area contributed by atoms with Crippen LogP contribution in [0.15, 0.2) is 0 Å². The molecule has 0 bridgehead atoms. The average molecular weight is 217 g/mol. The van der Waals surface area contributed by atoms with Crippen LogP contribution in [0.1, 0.15) is 27.7 Å². The fourth-order valence-electron chi connectivity index (χ4n) is 0.795. The minimum absolute atomic E-state index is 0.147. The Kier molecular flexibility index (Phi) is 5.28. The molecule has 0 radical (unpaired) electrons. The number of nitrogens with one attached hydrogen (secondary N) is 1. The Morgan fingerprint density at radius 3 is 2.20 bits per heavy atom. The molecule has 0 fully saturated rings. The second-order valence-electron chi connectivity index (χ2n) is 4.22. The van der Waals surface area contributed by atoms with Crippen LogP contribution in [0.25, 0.3) is 0 Å². The van der Waals surface area contributed by atoms with E-state index in [2.05, 4.69) is 10.1 Å². The highest BCUT2D eigenvalue weighted by atomic mass is 16.5. The number of methoxy groups -OCH3 is 1. The van der Waals surface area contributed by atoms with E-state index in [9.17, 15) is 9.59 Å². The van der Waals surface area contributed by atoms with Crippen molar-refractivity contribution in [1.82, 2.24) is 5.32 Å². The summed E-state index contributed by atoms with van der Waals surface area (Å²) in [5, 5.41) is 2.40. The minimum Gasteiger partial charge on any atom is -0.453 e. The number of amides is 1. The van der Waals surface area contributed by atoms with E-state index in [1.54, 1.807) is 0 Å². The third-order valence-electron chi connectivity index (χ3n) is 1.65. The van der Waals surface area contributed by atoms with Crippen molar-refractivity contribution >= 4 is 11.9 Å². The number of carbonyl (C=O) groups excluding carboxylic acids is 2. The molecule has 15 heavy (non-hydrogen) atoms. The number of ketones is 1. The Balaban J connectivity index is 4.18. The smallest absolute Gasteiger partial charge is 0.407 e. The molecule has 0 aliphatic rings. The van der Waals surface area contributed by atoms with Crippen molar-refractivity contribution in [2.45, 2.75) is 39.3 Å². The number of hydrogen-bond donors (Lipinski definition) is 1. The molecule has 1 atom stereocenters. The van der Waals surface area contributed by atoms with E-state index in [0.717, 1.165) is 0 Å². The summed E-state index contributed by atoms with van der Waals surface area (Å²) in [5.74, 6) is -0.162. The molecule has 0 heterocycles. The van der Waals surface area contributed by atoms with Crippen LogP contribution >= 0.6 is 0 Å². The molecule has 0 rings (SSSR count). The first-order valence-corrected chi connectivity index (χ1v) is 4.75. The van der Waals surface area contributed by atoms with E-state index in [0.29, 0.717) is 0 Å². The van der Waals surface area contributed by atoms with Crippen molar-refractivity contribution < 1.29 is 19.1 Å². The predicted molar refractivity (Wildman–Crippen MR) is 55.7 cm³/mol. The standard InChI is InChI=1S/C10H19NO4/c1-7(12)8(11-9(13)14-5)6-15-10(2,3)4/h8H,6H2,1-5H3,(H,11,13)/t8-/m1/s1. The molecule has 0 aromatic carbocycles. The van der Waals surface area contributed by atoms with Crippen LogP contribution < -0.4 is 5.32 Å². The van der Waals surface area contributed by atoms with E-state index >= 15 is 0 Å². The van der Waals surface area contributed by atoms with Gasteiger partial charge in [0.2, 0.25) is 0 Å². The predicted octanol–water partition coefficient (Wildman–Crippen LogP) is 1.12. The molecule has 1 N–H and O–H groups in total. The lowest BCUT2D eigenvalue weighted by Gasteiger charge is -2.23. The lowest BCUT2D eigenvalue weighted by atomic mass is 10.1. The Morgan fingerprint density at radius 2 is 1.87 bits per heavy atom. The number of carbonyl (C=O) groups is 2. The average Bonchev–Trinajstić information content (AvgIpc) is 2.09. The third kappa shape index (κ3) is 6.90. The summed E-state index contributed by atoms with van der Waals surface area (Å²) < 4.78 is 9.81. The van der Waals surface area contributed by atoms with Crippen molar-refractivity contribution in [3.05, 3.63) is 0 Å². The summed E-state index contributed by atoms with van der Waals surface area (Å²) in [6.45, 7) is 7.17. The highest BCUT2D eigenvalue weighted by Gasteiger charge is 2.20. The summed E-state index contributed by atoms with van der Waals surface area (Å²) >= 11 is 0. The Morgan fingerprint density at radius 1 is 1.33 bits per heavy atom. The monoisotopic (exact) mass is 217 g/mol. The maximum atomic E-state index is 11.2. The van der Waals surface area contributed by atoms with E-state index in [1.807, 2.05) is 20.8 Å². The molecule has 0 saturated heterocycles. The molecule has 0 aromatic rings. The van der Waals surface area contributed by atoms with Gasteiger partial charge in [-0.2, -0.15) is 0 Å². The summed E-state index contributed by atoms with van der Waals surface area (Å²) in [7, 11) is 1.25. The fraction of sp³-hybridized carbons (Fsp3) is 0.800. The number of hydrogen-bond acceptors (Lipinski definition) is 4. The zero-order valence-corrected chi connectivity index (χ0v) is 9.92. The largest absolute Gasteiger partial charge is 0.453 e. The molecule has 5 nitrogen and oxygen atoms in total. The summed E-state index contributed by atoms with van der Waals surface area (Å²) in [6.07, 6.45) is -0.632. The van der Waals surface area contributed by atoms with Gasteiger partial charge in [0.05, 0.1) is 19.3 Å². The second-order valence-corrected chi connectivity index (χ2v) is 4.22. The summed E-state index contributed by atoms with van der Waals surface area (Å²) in [5.41, 5.74) is -0.342. The van der Waals surface area contributed by atoms with Crippen LogP contribution in [-0.2, 0) is 14.3 Å². The Labute approximate surface area is 90.1 Å². The van der Waals surface area contributed by atoms with Crippen LogP contribution in [-0.4, -0.2) is 37.2 Å². The summed E-state index contributed by atoms with van der Waals surface area (Å²) in [4.78, 5) is 22.1. The number of rotatable bonds is 4. The zero-order chi connectivity index (χ0) is 12.1. The van der Waals surface area contributed by atoms with Crippen molar-refractivity contribution in [1.29, 1.82) is 0 Å². The third-order valence-corrected chi connectivity index (χ3v) is 1.65. The highest BCUT2D eigenvalue weighted by molar-refractivity contribution is 5.85. The molecule has 0 unspecified atom stereocenters. The van der Waals surface area contributed by atoms with Gasteiger partial charge in [0, 0.05) is 0 Å². The van der Waals surface area contributed by atoms with E-state index in [1.165, 1.54) is 14.0 Å². The topological polar surface area (TPSA) is 64.6 Å². The lowest BCUT2D eigenvalue weighted by molar-refractivity contribution is -0.121. The molecule has 1 amide bonds. The van der Waals surface area contributed by atoms with Gasteiger partial charge in [-0.15, -0.1) is 0 Å². The number of Topliss-reactive ketones (excluding diaryl/α,β-unsaturated/α-hetero) is 1. The molecule has 0 spiro atoms. The Hall–Kier alpha value is -1.10. The first-order chi connectivity index (χ1) is 6.76. The molecular formula is C10H19NO4. The van der Waals surface area contributed by atoms with Gasteiger partial charge in [0.1, 0.15) is 6.04 Å². The van der Waals surface area contributed by atoms with Crippen LogP contribution in [0.2, 0.25) is 0 Å². The molecular weight excluding hydrogens is 198 g/mol. The normalized spacial score (nSPS) is 13.1. The van der Waals surface area contributed by atoms with Crippen LogP contribution in [0.4, 0.5) is 4.79 Å². The Bertz CT molecular complexity index is 232. The first kappa shape index (κ1) is 13.9. The van der Waals surface area contributed by atoms with Gasteiger partial charge in [-0.3, -0.25) is 4.79 Å². The quantitative estimate of drug-likeness (QED) is 0.766. The van der Waals surface area contributed by atoms with Crippen LogP contribution in [0.3, 0.4) is 0 Å². The van der Waals surface area contributed by atoms with Crippen molar-refractivity contribution in [3.8, 4) is 0 Å².